The van der Waals surface area contributed by atoms with Gasteiger partial charge in [0.15, 0.2) is 5.69 Å². The lowest BCUT2D eigenvalue weighted by Gasteiger charge is -2.17. The van der Waals surface area contributed by atoms with Crippen molar-refractivity contribution in [2.75, 3.05) is 7.11 Å². The molecule has 4 aromatic rings. The predicted molar refractivity (Wildman–Crippen MR) is 109 cm³/mol. The molecule has 154 valence electrons. The van der Waals surface area contributed by atoms with Crippen molar-refractivity contribution in [3.05, 3.63) is 71.4 Å². The van der Waals surface area contributed by atoms with Crippen LogP contribution in [-0.2, 0) is 18.2 Å². The zero-order valence-electron chi connectivity index (χ0n) is 16.9. The molecular formula is C21H22N6O3. The van der Waals surface area contributed by atoms with Crippen LogP contribution in [0, 0.1) is 0 Å². The monoisotopic (exact) mass is 406 g/mol. The summed E-state index contributed by atoms with van der Waals surface area (Å²) in [4.78, 5) is 16.6. The predicted octanol–water partition coefficient (Wildman–Crippen LogP) is 2.23. The summed E-state index contributed by atoms with van der Waals surface area (Å²) in [5, 5.41) is 24.1. The summed E-state index contributed by atoms with van der Waals surface area (Å²) in [7, 11) is 3.07. The number of pyridine rings is 1. The maximum atomic E-state index is 12.3. The Morgan fingerprint density at radius 1 is 1.27 bits per heavy atom. The number of carbonyl (C=O) groups is 1. The van der Waals surface area contributed by atoms with Crippen LogP contribution >= 0.6 is 0 Å². The van der Waals surface area contributed by atoms with E-state index in [1.807, 2.05) is 37.3 Å². The van der Waals surface area contributed by atoms with Crippen LogP contribution in [0.2, 0.25) is 0 Å². The van der Waals surface area contributed by atoms with E-state index in [9.17, 15) is 9.90 Å². The van der Waals surface area contributed by atoms with Crippen LogP contribution in [0.4, 0.5) is 0 Å². The lowest BCUT2D eigenvalue weighted by atomic mass is 10.0. The van der Waals surface area contributed by atoms with E-state index in [-0.39, 0.29) is 18.2 Å². The lowest BCUT2D eigenvalue weighted by molar-refractivity contribution is 0.0591. The standard InChI is InChI=1S/C21H22N6O3/c1-13(14-6-7-17-15(9-14)5-4-8-22-17)27-18(20(24-25-27)21(29)30-3)10-19(28)16-11-23-26(2)12-16/h4-9,11-13,19,28H,10H2,1-3H3. The van der Waals surface area contributed by atoms with Gasteiger partial charge in [0.2, 0.25) is 0 Å². The molecule has 0 amide bonds. The van der Waals surface area contributed by atoms with Gasteiger partial charge in [-0.3, -0.25) is 9.67 Å². The number of aliphatic hydroxyl groups excluding tert-OH is 1. The minimum atomic E-state index is -0.868. The highest BCUT2D eigenvalue weighted by atomic mass is 16.5. The van der Waals surface area contributed by atoms with Crippen molar-refractivity contribution in [2.45, 2.75) is 25.5 Å². The summed E-state index contributed by atoms with van der Waals surface area (Å²) < 4.78 is 8.13. The van der Waals surface area contributed by atoms with Gasteiger partial charge in [0.1, 0.15) is 0 Å². The number of hydrogen-bond donors (Lipinski definition) is 1. The van der Waals surface area contributed by atoms with E-state index in [1.54, 1.807) is 35.0 Å². The van der Waals surface area contributed by atoms with Crippen molar-refractivity contribution in [1.29, 1.82) is 0 Å². The molecule has 0 radical (unpaired) electrons. The summed E-state index contributed by atoms with van der Waals surface area (Å²) in [6.07, 6.45) is 4.35. The molecule has 0 fully saturated rings. The first-order valence-electron chi connectivity index (χ1n) is 9.51. The van der Waals surface area contributed by atoms with E-state index in [2.05, 4.69) is 20.4 Å². The third-order valence-electron chi connectivity index (χ3n) is 5.14. The van der Waals surface area contributed by atoms with Gasteiger partial charge < -0.3 is 9.84 Å². The van der Waals surface area contributed by atoms with Crippen LogP contribution in [0.3, 0.4) is 0 Å². The van der Waals surface area contributed by atoms with E-state index >= 15 is 0 Å². The van der Waals surface area contributed by atoms with Gasteiger partial charge in [-0.1, -0.05) is 17.3 Å². The Bertz CT molecular complexity index is 1200. The zero-order valence-corrected chi connectivity index (χ0v) is 16.9. The minimum absolute atomic E-state index is 0.0924. The maximum Gasteiger partial charge on any atom is 0.360 e. The van der Waals surface area contributed by atoms with Crippen molar-refractivity contribution in [3.63, 3.8) is 0 Å². The Morgan fingerprint density at radius 2 is 2.10 bits per heavy atom. The molecule has 0 aliphatic rings. The van der Waals surface area contributed by atoms with Gasteiger partial charge in [-0.05, 0) is 30.7 Å². The normalized spacial score (nSPS) is 13.3. The van der Waals surface area contributed by atoms with Crippen LogP contribution in [-0.4, -0.2) is 47.9 Å². The number of benzene rings is 1. The number of fused-ring (bicyclic) bond motifs is 1. The topological polar surface area (TPSA) is 108 Å². The Kier molecular flexibility index (Phi) is 5.28. The van der Waals surface area contributed by atoms with Crippen molar-refractivity contribution < 1.29 is 14.6 Å². The van der Waals surface area contributed by atoms with Crippen molar-refractivity contribution in [2.24, 2.45) is 7.05 Å². The fourth-order valence-electron chi connectivity index (χ4n) is 3.48. The molecule has 0 saturated heterocycles. The lowest BCUT2D eigenvalue weighted by Crippen LogP contribution is -2.17. The number of methoxy groups -OCH3 is 1. The molecule has 9 heteroatoms. The van der Waals surface area contributed by atoms with Gasteiger partial charge in [0.05, 0.1) is 36.7 Å². The second-order valence-corrected chi connectivity index (χ2v) is 7.12. The van der Waals surface area contributed by atoms with E-state index in [0.717, 1.165) is 16.5 Å². The highest BCUT2D eigenvalue weighted by Gasteiger charge is 2.26. The van der Waals surface area contributed by atoms with Gasteiger partial charge in [-0.2, -0.15) is 5.10 Å². The molecule has 1 aromatic carbocycles. The summed E-state index contributed by atoms with van der Waals surface area (Å²) in [6, 6.07) is 9.61. The molecule has 3 aromatic heterocycles. The van der Waals surface area contributed by atoms with Gasteiger partial charge in [0.25, 0.3) is 0 Å². The molecule has 1 N–H and O–H groups in total. The van der Waals surface area contributed by atoms with Crippen LogP contribution in [0.5, 0.6) is 0 Å². The second-order valence-electron chi connectivity index (χ2n) is 7.12. The molecule has 0 spiro atoms. The second kappa shape index (κ2) is 8.03. The van der Waals surface area contributed by atoms with E-state index in [4.69, 9.17) is 4.74 Å². The molecule has 3 heterocycles. The highest BCUT2D eigenvalue weighted by Crippen LogP contribution is 2.26. The number of aromatic nitrogens is 6. The van der Waals surface area contributed by atoms with E-state index in [0.29, 0.717) is 11.3 Å². The Hall–Kier alpha value is -3.59. The molecule has 9 nitrogen and oxygen atoms in total. The van der Waals surface area contributed by atoms with Gasteiger partial charge >= 0.3 is 5.97 Å². The number of carbonyl (C=O) groups excluding carboxylic acids is 1. The third-order valence-corrected chi connectivity index (χ3v) is 5.14. The van der Waals surface area contributed by atoms with E-state index in [1.165, 1.54) is 7.11 Å². The molecule has 0 bridgehead atoms. The van der Waals surface area contributed by atoms with Gasteiger partial charge in [0, 0.05) is 36.8 Å². The molecular weight excluding hydrogens is 384 g/mol. The molecule has 2 unspecified atom stereocenters. The average molecular weight is 406 g/mol. The smallest absolute Gasteiger partial charge is 0.360 e. The molecule has 0 aliphatic heterocycles. The fraction of sp³-hybridized carbons (Fsp3) is 0.286. The Balaban J connectivity index is 1.72. The van der Waals surface area contributed by atoms with E-state index < -0.39 is 12.1 Å². The summed E-state index contributed by atoms with van der Waals surface area (Å²) in [5.74, 6) is -0.593. The molecule has 0 aliphatic carbocycles. The zero-order chi connectivity index (χ0) is 21.3. The van der Waals surface area contributed by atoms with Crippen molar-refractivity contribution >= 4 is 16.9 Å². The Morgan fingerprint density at radius 3 is 2.83 bits per heavy atom. The average Bonchev–Trinajstić information content (AvgIpc) is 3.38. The first-order valence-corrected chi connectivity index (χ1v) is 9.51. The molecule has 30 heavy (non-hydrogen) atoms. The number of nitrogens with zero attached hydrogens (tertiary/aromatic N) is 6. The quantitative estimate of drug-likeness (QED) is 0.489. The summed E-state index contributed by atoms with van der Waals surface area (Å²) in [5.41, 5.74) is 3.11. The largest absolute Gasteiger partial charge is 0.464 e. The van der Waals surface area contributed by atoms with Crippen LogP contribution < -0.4 is 0 Å². The number of aryl methyl sites for hydroxylation is 1. The molecule has 2 atom stereocenters. The first-order chi connectivity index (χ1) is 14.5. The number of ether oxygens (including phenoxy) is 1. The number of hydrogen-bond acceptors (Lipinski definition) is 7. The fourth-order valence-corrected chi connectivity index (χ4v) is 3.48. The first kappa shape index (κ1) is 19.7. The SMILES string of the molecule is COC(=O)c1nnn(C(C)c2ccc3ncccc3c2)c1CC(O)c1cnn(C)c1. The summed E-state index contributed by atoms with van der Waals surface area (Å²) in [6.45, 7) is 1.97. The Labute approximate surface area is 172 Å². The molecule has 4 rings (SSSR count). The number of aliphatic hydroxyl groups is 1. The van der Waals surface area contributed by atoms with Crippen molar-refractivity contribution in [1.82, 2.24) is 29.8 Å². The number of rotatable bonds is 6. The molecule has 0 saturated carbocycles. The highest BCUT2D eigenvalue weighted by molar-refractivity contribution is 5.88. The van der Waals surface area contributed by atoms with Gasteiger partial charge in [-0.15, -0.1) is 5.10 Å². The minimum Gasteiger partial charge on any atom is -0.464 e. The summed E-state index contributed by atoms with van der Waals surface area (Å²) >= 11 is 0. The van der Waals surface area contributed by atoms with Crippen molar-refractivity contribution in [3.8, 4) is 0 Å². The third kappa shape index (κ3) is 3.67. The van der Waals surface area contributed by atoms with Gasteiger partial charge in [-0.25, -0.2) is 9.48 Å². The van der Waals surface area contributed by atoms with Crippen LogP contribution in [0.25, 0.3) is 10.9 Å². The van der Waals surface area contributed by atoms with Crippen LogP contribution in [0.1, 0.15) is 46.4 Å². The number of esters is 1. The van der Waals surface area contributed by atoms with Crippen LogP contribution in [0.15, 0.2) is 48.9 Å². The maximum absolute atomic E-state index is 12.3.